The van der Waals surface area contributed by atoms with Crippen molar-refractivity contribution in [3.63, 3.8) is 0 Å². The molecule has 0 radical (unpaired) electrons. The fraction of sp³-hybridized carbons (Fsp3) is 0.200. The molecule has 0 aliphatic carbocycles. The zero-order valence-corrected chi connectivity index (χ0v) is 14.8. The first-order chi connectivity index (χ1) is 13.1. The summed E-state index contributed by atoms with van der Waals surface area (Å²) in [5.41, 5.74) is 3.80. The Balaban J connectivity index is 1.61. The number of aryl methyl sites for hydroxylation is 2. The molecule has 0 atom stereocenters. The Kier molecular flexibility index (Phi) is 4.42. The quantitative estimate of drug-likeness (QED) is 0.742. The molecule has 2 aromatic heterocycles. The van der Waals surface area contributed by atoms with Gasteiger partial charge in [-0.05, 0) is 55.7 Å². The molecule has 3 aromatic rings. The summed E-state index contributed by atoms with van der Waals surface area (Å²) < 4.78 is 5.23. The number of hydrogen-bond acceptors (Lipinski definition) is 5. The first kappa shape index (κ1) is 17.0. The van der Waals surface area contributed by atoms with E-state index in [1.54, 1.807) is 31.3 Å². The van der Waals surface area contributed by atoms with Crippen molar-refractivity contribution < 1.29 is 14.1 Å². The van der Waals surface area contributed by atoms with Crippen LogP contribution in [-0.2, 0) is 11.2 Å². The summed E-state index contributed by atoms with van der Waals surface area (Å²) in [4.78, 5) is 28.8. The van der Waals surface area contributed by atoms with Crippen molar-refractivity contribution in [2.24, 2.45) is 0 Å². The summed E-state index contributed by atoms with van der Waals surface area (Å²) in [5.74, 6) is 0.132. The Morgan fingerprint density at radius 1 is 1.22 bits per heavy atom. The van der Waals surface area contributed by atoms with Gasteiger partial charge in [-0.3, -0.25) is 14.6 Å². The SMILES string of the molecule is Cc1onc(-c2ccccn2)c1C(=O)Nc1ccc2c(c1)CCCC(=O)N2. The van der Waals surface area contributed by atoms with Gasteiger partial charge in [0.25, 0.3) is 5.91 Å². The van der Waals surface area contributed by atoms with Crippen molar-refractivity contribution >= 4 is 23.2 Å². The molecule has 27 heavy (non-hydrogen) atoms. The zero-order chi connectivity index (χ0) is 18.8. The number of fused-ring (bicyclic) bond motifs is 1. The van der Waals surface area contributed by atoms with Gasteiger partial charge in [-0.2, -0.15) is 0 Å². The molecule has 0 unspecified atom stereocenters. The van der Waals surface area contributed by atoms with Gasteiger partial charge in [0.05, 0.1) is 5.69 Å². The average molecular weight is 362 g/mol. The lowest BCUT2D eigenvalue weighted by Gasteiger charge is -2.10. The Bertz CT molecular complexity index is 1010. The van der Waals surface area contributed by atoms with Crippen LogP contribution in [0.15, 0.2) is 47.1 Å². The second-order valence-electron chi connectivity index (χ2n) is 6.41. The molecule has 7 nitrogen and oxygen atoms in total. The van der Waals surface area contributed by atoms with E-state index >= 15 is 0 Å². The predicted octanol–water partition coefficient (Wildman–Crippen LogP) is 3.57. The minimum Gasteiger partial charge on any atom is -0.360 e. The molecule has 2 N–H and O–H groups in total. The van der Waals surface area contributed by atoms with Gasteiger partial charge >= 0.3 is 0 Å². The molecule has 0 fully saturated rings. The molecule has 0 spiro atoms. The van der Waals surface area contributed by atoms with Crippen LogP contribution in [0.1, 0.15) is 34.5 Å². The number of amides is 2. The Morgan fingerprint density at radius 2 is 2.11 bits per heavy atom. The Labute approximate surface area is 155 Å². The molecular weight excluding hydrogens is 344 g/mol. The maximum absolute atomic E-state index is 12.9. The van der Waals surface area contributed by atoms with Crippen LogP contribution in [0.5, 0.6) is 0 Å². The van der Waals surface area contributed by atoms with Crippen molar-refractivity contribution in [1.82, 2.24) is 10.1 Å². The smallest absolute Gasteiger partial charge is 0.261 e. The number of carbonyl (C=O) groups is 2. The van der Waals surface area contributed by atoms with Crippen molar-refractivity contribution in [1.29, 1.82) is 0 Å². The van der Waals surface area contributed by atoms with E-state index in [9.17, 15) is 9.59 Å². The van der Waals surface area contributed by atoms with Crippen LogP contribution in [0, 0.1) is 6.92 Å². The number of nitrogens with zero attached hydrogens (tertiary/aromatic N) is 2. The molecular formula is C20H18N4O3. The largest absolute Gasteiger partial charge is 0.360 e. The number of rotatable bonds is 3. The zero-order valence-electron chi connectivity index (χ0n) is 14.8. The van der Waals surface area contributed by atoms with Crippen molar-refractivity contribution in [3.05, 3.63) is 59.5 Å². The fourth-order valence-electron chi connectivity index (χ4n) is 3.16. The van der Waals surface area contributed by atoms with Crippen LogP contribution in [-0.4, -0.2) is 22.0 Å². The second-order valence-corrected chi connectivity index (χ2v) is 6.41. The van der Waals surface area contributed by atoms with Gasteiger partial charge in [0, 0.05) is 24.0 Å². The molecule has 1 aliphatic rings. The molecule has 0 saturated carbocycles. The number of hydrogen-bond donors (Lipinski definition) is 2. The van der Waals surface area contributed by atoms with Crippen LogP contribution >= 0.6 is 0 Å². The van der Waals surface area contributed by atoms with Crippen LogP contribution < -0.4 is 10.6 Å². The Hall–Kier alpha value is -3.48. The summed E-state index contributed by atoms with van der Waals surface area (Å²) in [6.07, 6.45) is 3.71. The van der Waals surface area contributed by atoms with E-state index in [4.69, 9.17) is 4.52 Å². The first-order valence-electron chi connectivity index (χ1n) is 8.73. The lowest BCUT2D eigenvalue weighted by molar-refractivity contribution is -0.116. The highest BCUT2D eigenvalue weighted by Gasteiger charge is 2.23. The van der Waals surface area contributed by atoms with E-state index in [2.05, 4.69) is 20.8 Å². The van der Waals surface area contributed by atoms with Gasteiger partial charge in [-0.1, -0.05) is 11.2 Å². The first-order valence-corrected chi connectivity index (χ1v) is 8.73. The normalized spacial score (nSPS) is 13.4. The van der Waals surface area contributed by atoms with E-state index in [0.717, 1.165) is 24.1 Å². The molecule has 3 heterocycles. The molecule has 7 heteroatoms. The third kappa shape index (κ3) is 3.44. The van der Waals surface area contributed by atoms with E-state index in [1.807, 2.05) is 18.2 Å². The van der Waals surface area contributed by atoms with Crippen LogP contribution in [0.25, 0.3) is 11.4 Å². The van der Waals surface area contributed by atoms with E-state index in [-0.39, 0.29) is 11.8 Å². The highest BCUT2D eigenvalue weighted by Crippen LogP contribution is 2.27. The van der Waals surface area contributed by atoms with E-state index in [0.29, 0.717) is 34.8 Å². The monoisotopic (exact) mass is 362 g/mol. The predicted molar refractivity (Wildman–Crippen MR) is 100 cm³/mol. The van der Waals surface area contributed by atoms with E-state index in [1.165, 1.54) is 0 Å². The summed E-state index contributed by atoms with van der Waals surface area (Å²) in [5, 5.41) is 9.78. The maximum atomic E-state index is 12.9. The van der Waals surface area contributed by atoms with Crippen LogP contribution in [0.4, 0.5) is 11.4 Å². The van der Waals surface area contributed by atoms with Gasteiger partial charge in [0.1, 0.15) is 17.0 Å². The number of benzene rings is 1. The number of carbonyl (C=O) groups excluding carboxylic acids is 2. The second kappa shape index (κ2) is 7.03. The van der Waals surface area contributed by atoms with Crippen LogP contribution in [0.2, 0.25) is 0 Å². The summed E-state index contributed by atoms with van der Waals surface area (Å²) >= 11 is 0. The van der Waals surface area contributed by atoms with Gasteiger partial charge in [0.2, 0.25) is 5.91 Å². The molecule has 4 rings (SSSR count). The number of pyridine rings is 1. The van der Waals surface area contributed by atoms with Crippen LogP contribution in [0.3, 0.4) is 0 Å². The van der Waals surface area contributed by atoms with Gasteiger partial charge < -0.3 is 15.2 Å². The third-order valence-electron chi connectivity index (χ3n) is 4.48. The maximum Gasteiger partial charge on any atom is 0.261 e. The molecule has 136 valence electrons. The number of nitrogens with one attached hydrogen (secondary N) is 2. The molecule has 1 aliphatic heterocycles. The molecule has 0 saturated heterocycles. The van der Waals surface area contributed by atoms with Crippen molar-refractivity contribution in [2.45, 2.75) is 26.2 Å². The minimum atomic E-state index is -0.313. The summed E-state index contributed by atoms with van der Waals surface area (Å²) in [6.45, 7) is 1.70. The summed E-state index contributed by atoms with van der Waals surface area (Å²) in [7, 11) is 0. The highest BCUT2D eigenvalue weighted by molar-refractivity contribution is 6.08. The molecule has 2 amide bonds. The molecule has 1 aromatic carbocycles. The highest BCUT2D eigenvalue weighted by atomic mass is 16.5. The van der Waals surface area contributed by atoms with E-state index < -0.39 is 0 Å². The third-order valence-corrected chi connectivity index (χ3v) is 4.48. The number of aromatic nitrogens is 2. The van der Waals surface area contributed by atoms with Gasteiger partial charge in [-0.25, -0.2) is 0 Å². The lowest BCUT2D eigenvalue weighted by atomic mass is 10.1. The van der Waals surface area contributed by atoms with Gasteiger partial charge in [0.15, 0.2) is 0 Å². The minimum absolute atomic E-state index is 0.0191. The average Bonchev–Trinajstić information content (AvgIpc) is 2.95. The molecule has 0 bridgehead atoms. The van der Waals surface area contributed by atoms with Crippen molar-refractivity contribution in [2.75, 3.05) is 10.6 Å². The standard InChI is InChI=1S/C20H18N4O3/c1-12-18(19(24-27-12)16-6-2-3-10-21-16)20(26)22-14-8-9-15-13(11-14)5-4-7-17(25)23-15/h2-3,6,8-11H,4-5,7H2,1H3,(H,22,26)(H,23,25). The lowest BCUT2D eigenvalue weighted by Crippen LogP contribution is -2.14. The fourth-order valence-corrected chi connectivity index (χ4v) is 3.16. The number of anilines is 2. The van der Waals surface area contributed by atoms with Crippen molar-refractivity contribution in [3.8, 4) is 11.4 Å². The van der Waals surface area contributed by atoms with Gasteiger partial charge in [-0.15, -0.1) is 0 Å². The topological polar surface area (TPSA) is 97.1 Å². The summed E-state index contributed by atoms with van der Waals surface area (Å²) in [6, 6.07) is 10.9. The Morgan fingerprint density at radius 3 is 2.93 bits per heavy atom.